The van der Waals surface area contributed by atoms with Crippen molar-refractivity contribution in [1.29, 1.82) is 0 Å². The van der Waals surface area contributed by atoms with Gasteiger partial charge in [-0.05, 0) is 48.9 Å². The predicted octanol–water partition coefficient (Wildman–Crippen LogP) is 4.31. The van der Waals surface area contributed by atoms with E-state index in [1.165, 1.54) is 40.5 Å². The molecule has 0 radical (unpaired) electrons. The van der Waals surface area contributed by atoms with Gasteiger partial charge in [-0.15, -0.1) is 11.3 Å². The number of carbonyl (C=O) groups is 1. The highest BCUT2D eigenvalue weighted by atomic mass is 32.1. The molecule has 1 N–H and O–H groups in total. The molecule has 1 aromatic carbocycles. The molecule has 24 heavy (non-hydrogen) atoms. The van der Waals surface area contributed by atoms with Gasteiger partial charge in [0.1, 0.15) is 11.6 Å². The van der Waals surface area contributed by atoms with Crippen molar-refractivity contribution in [2.75, 3.05) is 0 Å². The summed E-state index contributed by atoms with van der Waals surface area (Å²) in [4.78, 5) is 14.1. The summed E-state index contributed by atoms with van der Waals surface area (Å²) in [7, 11) is 0. The molecule has 3 rings (SSSR count). The van der Waals surface area contributed by atoms with E-state index in [-0.39, 0.29) is 11.5 Å². The van der Waals surface area contributed by atoms with Crippen LogP contribution in [0.15, 0.2) is 29.4 Å². The molecule has 0 spiro atoms. The van der Waals surface area contributed by atoms with Crippen LogP contribution >= 0.6 is 11.3 Å². The summed E-state index contributed by atoms with van der Waals surface area (Å²) < 4.78 is 26.3. The van der Waals surface area contributed by atoms with Gasteiger partial charge in [0, 0.05) is 16.5 Å². The van der Waals surface area contributed by atoms with Crippen molar-refractivity contribution >= 4 is 23.5 Å². The zero-order valence-corrected chi connectivity index (χ0v) is 14.1. The fourth-order valence-electron chi connectivity index (χ4n) is 2.88. The summed E-state index contributed by atoms with van der Waals surface area (Å²) in [5.74, 6) is -0.975. The quantitative estimate of drug-likeness (QED) is 0.649. The van der Waals surface area contributed by atoms with E-state index in [1.807, 2.05) is 6.07 Å². The Morgan fingerprint density at radius 2 is 2.25 bits per heavy atom. The Balaban J connectivity index is 1.65. The van der Waals surface area contributed by atoms with Gasteiger partial charge in [0.25, 0.3) is 5.91 Å². The first-order valence-electron chi connectivity index (χ1n) is 7.97. The average molecular weight is 348 g/mol. The van der Waals surface area contributed by atoms with Crippen LogP contribution in [-0.2, 0) is 12.8 Å². The van der Waals surface area contributed by atoms with Crippen molar-refractivity contribution in [2.24, 2.45) is 11.0 Å². The van der Waals surface area contributed by atoms with Crippen molar-refractivity contribution in [3.05, 3.63) is 56.8 Å². The second kappa shape index (κ2) is 7.21. The van der Waals surface area contributed by atoms with Crippen LogP contribution in [0.25, 0.3) is 0 Å². The number of carbonyl (C=O) groups excluding carboxylic acids is 1. The van der Waals surface area contributed by atoms with Gasteiger partial charge in [0.15, 0.2) is 0 Å². The van der Waals surface area contributed by atoms with E-state index in [0.717, 1.165) is 31.4 Å². The van der Waals surface area contributed by atoms with Crippen molar-refractivity contribution in [3.63, 3.8) is 0 Å². The highest BCUT2D eigenvalue weighted by molar-refractivity contribution is 7.14. The molecule has 2 aromatic rings. The molecule has 0 aliphatic heterocycles. The third-order valence-corrected chi connectivity index (χ3v) is 5.55. The lowest BCUT2D eigenvalue weighted by atomic mass is 9.87. The number of amides is 1. The van der Waals surface area contributed by atoms with Crippen LogP contribution in [0.5, 0.6) is 0 Å². The lowest BCUT2D eigenvalue weighted by molar-refractivity contribution is 0.0959. The third kappa shape index (κ3) is 3.70. The molecule has 126 valence electrons. The molecular formula is C18H18F2N2OS. The van der Waals surface area contributed by atoms with Crippen molar-refractivity contribution in [1.82, 2.24) is 5.43 Å². The summed E-state index contributed by atoms with van der Waals surface area (Å²) in [6.07, 6.45) is 5.56. The first-order chi connectivity index (χ1) is 11.6. The van der Waals surface area contributed by atoms with E-state index in [1.54, 1.807) is 0 Å². The Kier molecular flexibility index (Phi) is 5.04. The minimum Gasteiger partial charge on any atom is -0.266 e. The van der Waals surface area contributed by atoms with Crippen molar-refractivity contribution in [2.45, 2.75) is 32.6 Å². The van der Waals surface area contributed by atoms with Crippen LogP contribution < -0.4 is 5.43 Å². The molecule has 0 saturated heterocycles. The van der Waals surface area contributed by atoms with Crippen LogP contribution in [0.3, 0.4) is 0 Å². The predicted molar refractivity (Wildman–Crippen MR) is 91.5 cm³/mol. The van der Waals surface area contributed by atoms with E-state index in [2.05, 4.69) is 17.5 Å². The number of nitrogens with one attached hydrogen (secondary N) is 1. The third-order valence-electron chi connectivity index (χ3n) is 4.32. The van der Waals surface area contributed by atoms with E-state index in [9.17, 15) is 13.6 Å². The number of nitrogens with zero attached hydrogens (tertiary/aromatic N) is 1. The average Bonchev–Trinajstić information content (AvgIpc) is 2.99. The number of halogens is 2. The second-order valence-electron chi connectivity index (χ2n) is 5.94. The number of hydrogen-bond acceptors (Lipinski definition) is 3. The molecule has 1 aliphatic rings. The summed E-state index contributed by atoms with van der Waals surface area (Å²) in [5.41, 5.74) is 3.78. The van der Waals surface area contributed by atoms with Gasteiger partial charge in [-0.3, -0.25) is 4.79 Å². The van der Waals surface area contributed by atoms with Crippen molar-refractivity contribution in [3.8, 4) is 0 Å². The molecule has 6 heteroatoms. The second-order valence-corrected chi connectivity index (χ2v) is 7.08. The molecule has 0 unspecified atom stereocenters. The van der Waals surface area contributed by atoms with Gasteiger partial charge in [-0.1, -0.05) is 13.3 Å². The van der Waals surface area contributed by atoms with Gasteiger partial charge < -0.3 is 0 Å². The van der Waals surface area contributed by atoms with Gasteiger partial charge in [-0.25, -0.2) is 14.2 Å². The minimum atomic E-state index is -0.717. The maximum absolute atomic E-state index is 13.5. The Bertz CT molecular complexity index is 785. The van der Waals surface area contributed by atoms with Crippen LogP contribution in [-0.4, -0.2) is 12.1 Å². The summed E-state index contributed by atoms with van der Waals surface area (Å²) >= 11 is 1.50. The summed E-state index contributed by atoms with van der Waals surface area (Å²) in [6, 6.07) is 5.13. The van der Waals surface area contributed by atoms with E-state index in [4.69, 9.17) is 0 Å². The maximum Gasteiger partial charge on any atom is 0.281 e. The van der Waals surface area contributed by atoms with Gasteiger partial charge >= 0.3 is 0 Å². The highest BCUT2D eigenvalue weighted by Crippen LogP contribution is 2.33. The normalized spacial score (nSPS) is 17.0. The first kappa shape index (κ1) is 16.8. The monoisotopic (exact) mass is 348 g/mol. The largest absolute Gasteiger partial charge is 0.281 e. The SMILES string of the molecule is CC[C@H]1CCc2sc(C(=O)N/N=C\c3ccc(F)cc3F)cc2C1. The van der Waals surface area contributed by atoms with E-state index >= 15 is 0 Å². The maximum atomic E-state index is 13.5. The van der Waals surface area contributed by atoms with Crippen LogP contribution in [0.2, 0.25) is 0 Å². The molecule has 1 heterocycles. The smallest absolute Gasteiger partial charge is 0.266 e. The molecular weight excluding hydrogens is 330 g/mol. The Hall–Kier alpha value is -2.08. The fourth-order valence-corrected chi connectivity index (χ4v) is 3.98. The molecule has 0 bridgehead atoms. The van der Waals surface area contributed by atoms with Crippen LogP contribution in [0.4, 0.5) is 8.78 Å². The Labute approximate surface area is 143 Å². The van der Waals surface area contributed by atoms with E-state index in [0.29, 0.717) is 10.8 Å². The van der Waals surface area contributed by atoms with E-state index < -0.39 is 11.6 Å². The Morgan fingerprint density at radius 3 is 3.00 bits per heavy atom. The molecule has 0 saturated carbocycles. The highest BCUT2D eigenvalue weighted by Gasteiger charge is 2.21. The molecule has 3 nitrogen and oxygen atoms in total. The lowest BCUT2D eigenvalue weighted by Gasteiger charge is -2.19. The number of benzene rings is 1. The molecule has 1 amide bonds. The molecule has 0 fully saturated rings. The lowest BCUT2D eigenvalue weighted by Crippen LogP contribution is -2.16. The van der Waals surface area contributed by atoms with Crippen LogP contribution in [0.1, 0.15) is 45.4 Å². The standard InChI is InChI=1S/C18H18F2N2OS/c1-2-11-3-6-16-13(7-11)8-17(24-16)18(23)22-21-10-12-4-5-14(19)9-15(12)20/h4-5,8-11H,2-3,6-7H2,1H3,(H,22,23)/b21-10-/t11-/m0/s1. The van der Waals surface area contributed by atoms with Crippen molar-refractivity contribution < 1.29 is 13.6 Å². The summed E-state index contributed by atoms with van der Waals surface area (Å²) in [5, 5.41) is 3.77. The topological polar surface area (TPSA) is 41.5 Å². The number of thiophene rings is 1. The molecule has 1 atom stereocenters. The van der Waals surface area contributed by atoms with Gasteiger partial charge in [0.05, 0.1) is 11.1 Å². The number of hydrogen-bond donors (Lipinski definition) is 1. The zero-order valence-electron chi connectivity index (χ0n) is 13.3. The molecule has 1 aliphatic carbocycles. The number of rotatable bonds is 4. The van der Waals surface area contributed by atoms with Gasteiger partial charge in [-0.2, -0.15) is 5.10 Å². The number of hydrazone groups is 1. The Morgan fingerprint density at radius 1 is 1.42 bits per heavy atom. The summed E-state index contributed by atoms with van der Waals surface area (Å²) in [6.45, 7) is 2.19. The van der Waals surface area contributed by atoms with Gasteiger partial charge in [0.2, 0.25) is 0 Å². The zero-order chi connectivity index (χ0) is 17.1. The number of aryl methyl sites for hydroxylation is 1. The van der Waals surface area contributed by atoms with Crippen LogP contribution in [0, 0.1) is 17.6 Å². The first-order valence-corrected chi connectivity index (χ1v) is 8.78. The molecule has 1 aromatic heterocycles. The minimum absolute atomic E-state index is 0.118. The number of fused-ring (bicyclic) bond motifs is 1. The fraction of sp³-hybridized carbons (Fsp3) is 0.333.